The molecule has 1 aromatic heterocycles. The largest absolute Gasteiger partial charge is 0.444 e. The molecule has 0 amide bonds. The van der Waals surface area contributed by atoms with Crippen LogP contribution in [0.3, 0.4) is 0 Å². The van der Waals surface area contributed by atoms with Gasteiger partial charge < -0.3 is 15.5 Å². The summed E-state index contributed by atoms with van der Waals surface area (Å²) in [5.41, 5.74) is 7.65. The van der Waals surface area contributed by atoms with Crippen LogP contribution in [0.2, 0.25) is 0 Å². The van der Waals surface area contributed by atoms with E-state index in [2.05, 4.69) is 15.3 Å². The summed E-state index contributed by atoms with van der Waals surface area (Å²) in [4.78, 5) is 8.74. The average Bonchev–Trinajstić information content (AvgIpc) is 3.15. The van der Waals surface area contributed by atoms with E-state index in [9.17, 15) is 0 Å². The number of rotatable bonds is 5. The molecule has 2 aromatic rings. The van der Waals surface area contributed by atoms with Gasteiger partial charge in [0.2, 0.25) is 5.89 Å². The van der Waals surface area contributed by atoms with Crippen molar-refractivity contribution in [3.8, 4) is 11.5 Å². The van der Waals surface area contributed by atoms with Gasteiger partial charge in [-0.2, -0.15) is 0 Å². The fourth-order valence-electron chi connectivity index (χ4n) is 1.91. The van der Waals surface area contributed by atoms with Gasteiger partial charge in [0.1, 0.15) is 6.26 Å². The zero-order chi connectivity index (χ0) is 13.8. The number of benzene rings is 1. The summed E-state index contributed by atoms with van der Waals surface area (Å²) in [6, 6.07) is 10.4. The summed E-state index contributed by atoms with van der Waals surface area (Å²) in [6.07, 6.45) is 4.80. The Morgan fingerprint density at radius 2 is 2.10 bits per heavy atom. The Morgan fingerprint density at radius 3 is 2.81 bits per heavy atom. The Bertz CT molecular complexity index is 593. The van der Waals surface area contributed by atoms with Crippen LogP contribution < -0.4 is 11.1 Å². The maximum absolute atomic E-state index is 5.77. The predicted molar refractivity (Wildman–Crippen MR) is 93.7 cm³/mol. The summed E-state index contributed by atoms with van der Waals surface area (Å²) in [5, 5.41) is 3.16. The van der Waals surface area contributed by atoms with Crippen LogP contribution in [0.1, 0.15) is 18.5 Å². The molecule has 0 bridgehead atoms. The topological polar surface area (TPSA) is 76.4 Å². The Hall–Kier alpha value is -1.57. The quantitative estimate of drug-likeness (QED) is 0.461. The van der Waals surface area contributed by atoms with Gasteiger partial charge in [-0.05, 0) is 25.0 Å². The van der Waals surface area contributed by atoms with Gasteiger partial charge in [0.25, 0.3) is 0 Å². The molecule has 0 unspecified atom stereocenters. The lowest BCUT2D eigenvalue weighted by molar-refractivity contribution is 0.572. The molecule has 5 nitrogen and oxygen atoms in total. The standard InChI is InChI=1S/C15H18N4O.HI/c16-15(19-12-6-7-12)17-9-8-13-10-20-14(18-13)11-4-2-1-3-5-11;/h1-5,10,12H,6-9H2,(H3,16,17,19);1H. The van der Waals surface area contributed by atoms with Crippen LogP contribution in [-0.4, -0.2) is 23.5 Å². The maximum Gasteiger partial charge on any atom is 0.226 e. The van der Waals surface area contributed by atoms with Crippen molar-refractivity contribution in [2.45, 2.75) is 25.3 Å². The predicted octanol–water partition coefficient (Wildman–Crippen LogP) is 2.57. The molecule has 1 saturated carbocycles. The highest BCUT2D eigenvalue weighted by molar-refractivity contribution is 14.0. The zero-order valence-electron chi connectivity index (χ0n) is 11.7. The second kappa shape index (κ2) is 7.44. The van der Waals surface area contributed by atoms with Crippen molar-refractivity contribution in [3.63, 3.8) is 0 Å². The second-order valence-corrected chi connectivity index (χ2v) is 4.95. The molecule has 0 spiro atoms. The van der Waals surface area contributed by atoms with E-state index in [0.717, 1.165) is 17.7 Å². The van der Waals surface area contributed by atoms with Crippen LogP contribution >= 0.6 is 24.0 Å². The molecule has 1 aliphatic rings. The Morgan fingerprint density at radius 1 is 1.33 bits per heavy atom. The first-order chi connectivity index (χ1) is 9.81. The van der Waals surface area contributed by atoms with E-state index < -0.39 is 0 Å². The number of oxazole rings is 1. The number of nitrogens with two attached hydrogens (primary N) is 1. The molecule has 0 atom stereocenters. The van der Waals surface area contributed by atoms with E-state index in [-0.39, 0.29) is 24.0 Å². The molecular weight excluding hydrogens is 379 g/mol. The summed E-state index contributed by atoms with van der Waals surface area (Å²) >= 11 is 0. The number of aliphatic imine (C=N–C) groups is 1. The number of nitrogens with one attached hydrogen (secondary N) is 1. The summed E-state index contributed by atoms with van der Waals surface area (Å²) in [5.74, 6) is 1.17. The van der Waals surface area contributed by atoms with E-state index in [1.165, 1.54) is 12.8 Å². The van der Waals surface area contributed by atoms with Crippen LogP contribution in [0, 0.1) is 0 Å². The molecule has 112 valence electrons. The smallest absolute Gasteiger partial charge is 0.226 e. The van der Waals surface area contributed by atoms with Crippen LogP contribution in [0.15, 0.2) is 46.0 Å². The minimum Gasteiger partial charge on any atom is -0.444 e. The van der Waals surface area contributed by atoms with Crippen LogP contribution in [0.25, 0.3) is 11.5 Å². The normalized spacial score (nSPS) is 14.6. The first-order valence-electron chi connectivity index (χ1n) is 6.87. The number of halogens is 1. The molecule has 0 aliphatic heterocycles. The van der Waals surface area contributed by atoms with Crippen molar-refractivity contribution >= 4 is 29.9 Å². The van der Waals surface area contributed by atoms with E-state index >= 15 is 0 Å². The van der Waals surface area contributed by atoms with Gasteiger partial charge in [-0.1, -0.05) is 18.2 Å². The molecule has 0 radical (unpaired) electrons. The van der Waals surface area contributed by atoms with Crippen molar-refractivity contribution in [2.24, 2.45) is 10.7 Å². The molecule has 1 aliphatic carbocycles. The van der Waals surface area contributed by atoms with Gasteiger partial charge in [-0.15, -0.1) is 24.0 Å². The molecule has 6 heteroatoms. The highest BCUT2D eigenvalue weighted by Crippen LogP contribution is 2.19. The highest BCUT2D eigenvalue weighted by Gasteiger charge is 2.21. The third kappa shape index (κ3) is 4.73. The number of aromatic nitrogens is 1. The number of hydrogen-bond donors (Lipinski definition) is 2. The van der Waals surface area contributed by atoms with Crippen LogP contribution in [0.4, 0.5) is 0 Å². The van der Waals surface area contributed by atoms with Gasteiger partial charge in [-0.25, -0.2) is 4.98 Å². The first-order valence-corrected chi connectivity index (χ1v) is 6.87. The lowest BCUT2D eigenvalue weighted by Crippen LogP contribution is -2.33. The maximum atomic E-state index is 5.77. The third-order valence-electron chi connectivity index (χ3n) is 3.15. The fraction of sp³-hybridized carbons (Fsp3) is 0.333. The monoisotopic (exact) mass is 398 g/mol. The fourth-order valence-corrected chi connectivity index (χ4v) is 1.91. The van der Waals surface area contributed by atoms with Crippen LogP contribution in [-0.2, 0) is 6.42 Å². The van der Waals surface area contributed by atoms with Crippen molar-refractivity contribution in [1.29, 1.82) is 0 Å². The van der Waals surface area contributed by atoms with Gasteiger partial charge in [0.15, 0.2) is 5.96 Å². The lowest BCUT2D eigenvalue weighted by Gasteiger charge is -2.01. The SMILES string of the molecule is I.NC(=NCCc1coc(-c2ccccc2)n1)NC1CC1. The molecule has 1 aromatic carbocycles. The van der Waals surface area contributed by atoms with Gasteiger partial charge in [0.05, 0.1) is 5.69 Å². The number of hydrogen-bond acceptors (Lipinski definition) is 3. The molecule has 1 fully saturated rings. The van der Waals surface area contributed by atoms with Crippen LogP contribution in [0.5, 0.6) is 0 Å². The van der Waals surface area contributed by atoms with E-state index in [1.54, 1.807) is 6.26 Å². The second-order valence-electron chi connectivity index (χ2n) is 4.95. The molecule has 0 saturated heterocycles. The van der Waals surface area contributed by atoms with E-state index in [1.807, 2.05) is 30.3 Å². The average molecular weight is 398 g/mol. The first kappa shape index (κ1) is 15.8. The number of nitrogens with zero attached hydrogens (tertiary/aromatic N) is 2. The zero-order valence-corrected chi connectivity index (χ0v) is 14.0. The molecule has 3 rings (SSSR count). The molecule has 3 N–H and O–H groups in total. The molecule has 1 heterocycles. The minimum atomic E-state index is 0. The van der Waals surface area contributed by atoms with Crippen molar-refractivity contribution < 1.29 is 4.42 Å². The Labute approximate surface area is 141 Å². The van der Waals surface area contributed by atoms with E-state index in [0.29, 0.717) is 24.4 Å². The van der Waals surface area contributed by atoms with Crippen molar-refractivity contribution in [1.82, 2.24) is 10.3 Å². The molecular formula is C15H19IN4O. The van der Waals surface area contributed by atoms with Gasteiger partial charge in [-0.3, -0.25) is 4.99 Å². The van der Waals surface area contributed by atoms with E-state index in [4.69, 9.17) is 10.2 Å². The third-order valence-corrected chi connectivity index (χ3v) is 3.15. The number of guanidine groups is 1. The van der Waals surface area contributed by atoms with Crippen molar-refractivity contribution in [2.75, 3.05) is 6.54 Å². The van der Waals surface area contributed by atoms with Gasteiger partial charge in [0, 0.05) is 24.6 Å². The Balaban J connectivity index is 0.00000161. The Kier molecular flexibility index (Phi) is 5.60. The molecule has 21 heavy (non-hydrogen) atoms. The van der Waals surface area contributed by atoms with Gasteiger partial charge >= 0.3 is 0 Å². The summed E-state index contributed by atoms with van der Waals surface area (Å²) < 4.78 is 5.48. The minimum absolute atomic E-state index is 0. The summed E-state index contributed by atoms with van der Waals surface area (Å²) in [6.45, 7) is 0.617. The highest BCUT2D eigenvalue weighted by atomic mass is 127. The van der Waals surface area contributed by atoms with Crippen molar-refractivity contribution in [3.05, 3.63) is 42.3 Å². The summed E-state index contributed by atoms with van der Waals surface area (Å²) in [7, 11) is 0. The lowest BCUT2D eigenvalue weighted by atomic mass is 10.2.